The molecule has 0 N–H and O–H groups in total. The van der Waals surface area contributed by atoms with Gasteiger partial charge in [-0.15, -0.1) is 11.3 Å². The van der Waals surface area contributed by atoms with Gasteiger partial charge in [0, 0.05) is 36.0 Å². The maximum Gasteiger partial charge on any atom is 0.164 e. The summed E-state index contributed by atoms with van der Waals surface area (Å²) in [4.78, 5) is 15.9. The van der Waals surface area contributed by atoms with E-state index in [0.29, 0.717) is 12.2 Å². The van der Waals surface area contributed by atoms with Crippen LogP contribution in [0.25, 0.3) is 0 Å². The van der Waals surface area contributed by atoms with Crippen LogP contribution in [0.15, 0.2) is 24.0 Å². The largest absolute Gasteiger partial charge is 0.346 e. The molecular formula is C12H12N2OS. The second kappa shape index (κ2) is 3.87. The van der Waals surface area contributed by atoms with Gasteiger partial charge in [0.25, 0.3) is 0 Å². The van der Waals surface area contributed by atoms with Gasteiger partial charge in [0.05, 0.1) is 6.54 Å². The Bertz CT molecular complexity index is 513. The minimum Gasteiger partial charge on any atom is -0.346 e. The standard InChI is InChI=1S/C12H12N2OS/c15-11-3-1-2-9-6-14(7-10(9)11)8-12-13-4-5-16-12/h4-7H,1-3,8H2. The Morgan fingerprint density at radius 3 is 3.06 bits per heavy atom. The molecule has 2 heterocycles. The Morgan fingerprint density at radius 2 is 2.31 bits per heavy atom. The molecule has 1 aliphatic carbocycles. The van der Waals surface area contributed by atoms with Crippen molar-refractivity contribution in [2.45, 2.75) is 25.8 Å². The zero-order valence-electron chi connectivity index (χ0n) is 8.85. The molecule has 0 fully saturated rings. The molecule has 0 atom stereocenters. The van der Waals surface area contributed by atoms with Crippen molar-refractivity contribution in [3.8, 4) is 0 Å². The van der Waals surface area contributed by atoms with Crippen LogP contribution >= 0.6 is 11.3 Å². The van der Waals surface area contributed by atoms with Crippen molar-refractivity contribution in [2.24, 2.45) is 0 Å². The SMILES string of the molecule is O=C1CCCc2cn(Cc3nccs3)cc21. The van der Waals surface area contributed by atoms with E-state index < -0.39 is 0 Å². The summed E-state index contributed by atoms with van der Waals surface area (Å²) in [6.45, 7) is 0.776. The Hall–Kier alpha value is -1.42. The van der Waals surface area contributed by atoms with Gasteiger partial charge in [0.2, 0.25) is 0 Å². The van der Waals surface area contributed by atoms with Crippen molar-refractivity contribution in [3.63, 3.8) is 0 Å². The summed E-state index contributed by atoms with van der Waals surface area (Å²) in [5.41, 5.74) is 2.12. The number of hydrogen-bond acceptors (Lipinski definition) is 3. The molecule has 3 nitrogen and oxygen atoms in total. The van der Waals surface area contributed by atoms with E-state index in [1.807, 2.05) is 17.8 Å². The van der Waals surface area contributed by atoms with E-state index in [4.69, 9.17) is 0 Å². The monoisotopic (exact) mass is 232 g/mol. The van der Waals surface area contributed by atoms with Gasteiger partial charge in [-0.1, -0.05) is 0 Å². The first-order chi connectivity index (χ1) is 7.83. The Kier molecular flexibility index (Phi) is 2.36. The summed E-state index contributed by atoms with van der Waals surface area (Å²) in [6.07, 6.45) is 8.61. The maximum atomic E-state index is 11.7. The Balaban J connectivity index is 1.89. The fourth-order valence-corrected chi connectivity index (χ4v) is 2.78. The van der Waals surface area contributed by atoms with Crippen molar-refractivity contribution in [1.82, 2.24) is 9.55 Å². The number of rotatable bonds is 2. The van der Waals surface area contributed by atoms with Gasteiger partial charge in [0.1, 0.15) is 5.01 Å². The Morgan fingerprint density at radius 1 is 1.38 bits per heavy atom. The highest BCUT2D eigenvalue weighted by molar-refractivity contribution is 7.09. The molecule has 3 rings (SSSR count). The van der Waals surface area contributed by atoms with Crippen LogP contribution in [0.3, 0.4) is 0 Å². The van der Waals surface area contributed by atoms with Gasteiger partial charge < -0.3 is 4.57 Å². The van der Waals surface area contributed by atoms with Crippen LogP contribution in [0.2, 0.25) is 0 Å². The van der Waals surface area contributed by atoms with Gasteiger partial charge in [-0.2, -0.15) is 0 Å². The summed E-state index contributed by atoms with van der Waals surface area (Å²) < 4.78 is 2.08. The third-order valence-corrected chi connectivity index (χ3v) is 3.68. The molecular weight excluding hydrogens is 220 g/mol. The van der Waals surface area contributed by atoms with Crippen molar-refractivity contribution >= 4 is 17.1 Å². The molecule has 0 saturated heterocycles. The Labute approximate surface area is 97.7 Å². The first-order valence-electron chi connectivity index (χ1n) is 5.43. The minimum absolute atomic E-state index is 0.291. The molecule has 0 unspecified atom stereocenters. The summed E-state index contributed by atoms with van der Waals surface area (Å²) in [6, 6.07) is 0. The lowest BCUT2D eigenvalue weighted by Crippen LogP contribution is -2.07. The lowest BCUT2D eigenvalue weighted by Gasteiger charge is -2.07. The second-order valence-electron chi connectivity index (χ2n) is 4.07. The van der Waals surface area contributed by atoms with Crippen molar-refractivity contribution in [3.05, 3.63) is 40.1 Å². The number of nitrogens with zero attached hydrogens (tertiary/aromatic N) is 2. The van der Waals surface area contributed by atoms with Crippen molar-refractivity contribution in [1.29, 1.82) is 0 Å². The van der Waals surface area contributed by atoms with Crippen LogP contribution in [-0.2, 0) is 13.0 Å². The topological polar surface area (TPSA) is 34.9 Å². The van der Waals surface area contributed by atoms with Crippen LogP contribution in [0.1, 0.15) is 33.8 Å². The first-order valence-corrected chi connectivity index (χ1v) is 6.31. The summed E-state index contributed by atoms with van der Waals surface area (Å²) in [7, 11) is 0. The number of thiazole rings is 1. The maximum absolute atomic E-state index is 11.7. The molecule has 16 heavy (non-hydrogen) atoms. The number of fused-ring (bicyclic) bond motifs is 1. The molecule has 82 valence electrons. The van der Waals surface area contributed by atoms with Gasteiger partial charge in [-0.3, -0.25) is 4.79 Å². The zero-order valence-corrected chi connectivity index (χ0v) is 9.67. The number of carbonyl (C=O) groups is 1. The summed E-state index contributed by atoms with van der Waals surface area (Å²) in [5.74, 6) is 0.291. The average Bonchev–Trinajstić information content (AvgIpc) is 2.88. The summed E-state index contributed by atoms with van der Waals surface area (Å²) in [5, 5.41) is 3.06. The zero-order chi connectivity index (χ0) is 11.0. The molecule has 0 aromatic carbocycles. The molecule has 0 amide bonds. The number of Topliss-reactive ketones (excluding diaryl/α,β-unsaturated/α-hetero) is 1. The molecule has 2 aromatic heterocycles. The molecule has 0 radical (unpaired) electrons. The van der Waals surface area contributed by atoms with E-state index in [9.17, 15) is 4.79 Å². The van der Waals surface area contributed by atoms with E-state index in [1.54, 1.807) is 11.3 Å². The molecule has 0 spiro atoms. The predicted octanol–water partition coefficient (Wildman–Crippen LogP) is 2.51. The second-order valence-corrected chi connectivity index (χ2v) is 5.05. The van der Waals surface area contributed by atoms with Crippen LogP contribution in [0.4, 0.5) is 0 Å². The number of carbonyl (C=O) groups excluding carboxylic acids is 1. The van der Waals surface area contributed by atoms with Crippen LogP contribution in [0, 0.1) is 0 Å². The predicted molar refractivity (Wildman–Crippen MR) is 62.9 cm³/mol. The van der Waals surface area contributed by atoms with Gasteiger partial charge in [0.15, 0.2) is 5.78 Å². The lowest BCUT2D eigenvalue weighted by atomic mass is 9.95. The fraction of sp³-hybridized carbons (Fsp3) is 0.333. The number of hydrogen-bond donors (Lipinski definition) is 0. The molecule has 0 aliphatic heterocycles. The molecule has 4 heteroatoms. The van der Waals surface area contributed by atoms with Gasteiger partial charge in [-0.25, -0.2) is 4.98 Å². The van der Waals surface area contributed by atoms with Crippen molar-refractivity contribution in [2.75, 3.05) is 0 Å². The molecule has 2 aromatic rings. The van der Waals surface area contributed by atoms with E-state index in [0.717, 1.165) is 30.0 Å². The average molecular weight is 232 g/mol. The smallest absolute Gasteiger partial charge is 0.164 e. The third kappa shape index (κ3) is 1.69. The number of ketones is 1. The van der Waals surface area contributed by atoms with Crippen LogP contribution in [-0.4, -0.2) is 15.3 Å². The van der Waals surface area contributed by atoms with E-state index in [-0.39, 0.29) is 0 Å². The normalized spacial score (nSPS) is 15.1. The van der Waals surface area contributed by atoms with Crippen molar-refractivity contribution < 1.29 is 4.79 Å². The highest BCUT2D eigenvalue weighted by Gasteiger charge is 2.19. The fourth-order valence-electron chi connectivity index (χ4n) is 2.16. The van der Waals surface area contributed by atoms with E-state index >= 15 is 0 Å². The molecule has 0 bridgehead atoms. The third-order valence-electron chi connectivity index (χ3n) is 2.91. The molecule has 1 aliphatic rings. The van der Waals surface area contributed by atoms with Gasteiger partial charge in [-0.05, 0) is 18.4 Å². The number of aromatic nitrogens is 2. The minimum atomic E-state index is 0.291. The van der Waals surface area contributed by atoms with E-state index in [2.05, 4.69) is 15.7 Å². The number of aryl methyl sites for hydroxylation is 1. The summed E-state index contributed by atoms with van der Waals surface area (Å²) >= 11 is 1.65. The van der Waals surface area contributed by atoms with Gasteiger partial charge >= 0.3 is 0 Å². The lowest BCUT2D eigenvalue weighted by molar-refractivity contribution is 0.0973. The quantitative estimate of drug-likeness (QED) is 0.797. The van der Waals surface area contributed by atoms with E-state index in [1.165, 1.54) is 5.56 Å². The highest BCUT2D eigenvalue weighted by atomic mass is 32.1. The first kappa shape index (κ1) is 9.78. The molecule has 0 saturated carbocycles. The highest BCUT2D eigenvalue weighted by Crippen LogP contribution is 2.22. The van der Waals surface area contributed by atoms with Crippen LogP contribution in [0.5, 0.6) is 0 Å². The van der Waals surface area contributed by atoms with Crippen LogP contribution < -0.4 is 0 Å².